The van der Waals surface area contributed by atoms with Crippen LogP contribution in [0, 0.1) is 0 Å². The van der Waals surface area contributed by atoms with Crippen molar-refractivity contribution in [3.63, 3.8) is 0 Å². The van der Waals surface area contributed by atoms with Gasteiger partial charge >= 0.3 is 0 Å². The van der Waals surface area contributed by atoms with E-state index in [9.17, 15) is 0 Å². The normalized spacial score (nSPS) is 11.1. The van der Waals surface area contributed by atoms with Gasteiger partial charge in [-0.05, 0) is 42.3 Å². The molecule has 0 atom stereocenters. The van der Waals surface area contributed by atoms with Crippen LogP contribution >= 0.6 is 11.8 Å². The number of hydrogen-bond acceptors (Lipinski definition) is 2. The highest BCUT2D eigenvalue weighted by Crippen LogP contribution is 2.21. The van der Waals surface area contributed by atoms with Gasteiger partial charge in [-0.2, -0.15) is 0 Å². The fraction of sp³-hybridized carbons (Fsp3) is 0.222. The molecule has 1 heterocycles. The zero-order valence-electron chi connectivity index (χ0n) is 12.3. The van der Waals surface area contributed by atoms with Crippen LogP contribution in [0.3, 0.4) is 0 Å². The number of thioether (sulfide) groups is 1. The molecule has 1 aromatic heterocycles. The molecule has 0 fully saturated rings. The lowest BCUT2D eigenvalue weighted by atomic mass is 10.1. The minimum absolute atomic E-state index is 0.917. The molecule has 0 radical (unpaired) electrons. The third-order valence-corrected chi connectivity index (χ3v) is 4.56. The molecule has 108 valence electrons. The van der Waals surface area contributed by atoms with Crippen molar-refractivity contribution in [2.75, 3.05) is 12.8 Å². The molecule has 2 aromatic carbocycles. The van der Waals surface area contributed by atoms with E-state index < -0.39 is 0 Å². The van der Waals surface area contributed by atoms with Crippen molar-refractivity contribution in [3.8, 4) is 0 Å². The van der Waals surface area contributed by atoms with Gasteiger partial charge in [0.15, 0.2) is 0 Å². The summed E-state index contributed by atoms with van der Waals surface area (Å²) in [6.07, 6.45) is 2.19. The highest BCUT2D eigenvalue weighted by atomic mass is 32.2. The number of aromatic nitrogens is 1. The van der Waals surface area contributed by atoms with Gasteiger partial charge in [0.05, 0.1) is 0 Å². The lowest BCUT2D eigenvalue weighted by Gasteiger charge is -2.07. The Hall–Kier alpha value is -1.71. The van der Waals surface area contributed by atoms with Crippen molar-refractivity contribution in [3.05, 3.63) is 66.4 Å². The largest absolute Gasteiger partial charge is 0.347 e. The molecule has 0 spiro atoms. The Labute approximate surface area is 130 Å². The smallest absolute Gasteiger partial charge is 0.0483 e. The average molecular weight is 296 g/mol. The summed E-state index contributed by atoms with van der Waals surface area (Å²) in [5.74, 6) is 1.09. The van der Waals surface area contributed by atoms with E-state index in [1.807, 2.05) is 18.8 Å². The first kappa shape index (κ1) is 14.2. The maximum Gasteiger partial charge on any atom is 0.0483 e. The Bertz CT molecular complexity index is 704. The second-order valence-electron chi connectivity index (χ2n) is 5.09. The van der Waals surface area contributed by atoms with Crippen LogP contribution in [0.2, 0.25) is 0 Å². The predicted octanol–water partition coefficient (Wildman–Crippen LogP) is 4.15. The van der Waals surface area contributed by atoms with Crippen LogP contribution in [-0.2, 0) is 13.1 Å². The van der Waals surface area contributed by atoms with Crippen molar-refractivity contribution in [1.29, 1.82) is 0 Å². The highest BCUT2D eigenvalue weighted by Gasteiger charge is 2.02. The molecule has 2 nitrogen and oxygen atoms in total. The van der Waals surface area contributed by atoms with Gasteiger partial charge in [0.1, 0.15) is 0 Å². The molecule has 0 bridgehead atoms. The fourth-order valence-corrected chi connectivity index (χ4v) is 3.39. The summed E-state index contributed by atoms with van der Waals surface area (Å²) in [6.45, 7) is 1.95. The second-order valence-corrected chi connectivity index (χ2v) is 6.26. The molecule has 3 heteroatoms. The van der Waals surface area contributed by atoms with Gasteiger partial charge in [0.25, 0.3) is 0 Å². The van der Waals surface area contributed by atoms with E-state index >= 15 is 0 Å². The van der Waals surface area contributed by atoms with Gasteiger partial charge in [-0.1, -0.05) is 30.3 Å². The summed E-state index contributed by atoms with van der Waals surface area (Å²) in [5.41, 5.74) is 2.66. The van der Waals surface area contributed by atoms with E-state index in [1.54, 1.807) is 0 Å². The second kappa shape index (κ2) is 6.83. The molecule has 21 heavy (non-hydrogen) atoms. The summed E-state index contributed by atoms with van der Waals surface area (Å²) in [4.78, 5) is 1.34. The van der Waals surface area contributed by atoms with Crippen LogP contribution in [-0.4, -0.2) is 17.4 Å². The Balaban J connectivity index is 1.70. The van der Waals surface area contributed by atoms with Gasteiger partial charge in [-0.15, -0.1) is 11.8 Å². The van der Waals surface area contributed by atoms with Crippen molar-refractivity contribution in [1.82, 2.24) is 9.88 Å². The third-order valence-electron chi connectivity index (χ3n) is 3.56. The third kappa shape index (κ3) is 3.49. The number of nitrogens with zero attached hydrogens (tertiary/aromatic N) is 1. The molecule has 0 unspecified atom stereocenters. The maximum atomic E-state index is 3.21. The van der Waals surface area contributed by atoms with Crippen molar-refractivity contribution in [2.24, 2.45) is 0 Å². The van der Waals surface area contributed by atoms with Crippen molar-refractivity contribution in [2.45, 2.75) is 18.0 Å². The molecule has 0 saturated carbocycles. The summed E-state index contributed by atoms with van der Waals surface area (Å²) in [6, 6.07) is 19.5. The minimum atomic E-state index is 0.917. The lowest BCUT2D eigenvalue weighted by molar-refractivity contribution is 0.799. The Morgan fingerprint density at radius 1 is 1.05 bits per heavy atom. The fourth-order valence-electron chi connectivity index (χ4n) is 2.52. The summed E-state index contributed by atoms with van der Waals surface area (Å²) >= 11 is 1.91. The first-order chi connectivity index (χ1) is 10.4. The molecule has 3 aromatic rings. The summed E-state index contributed by atoms with van der Waals surface area (Å²) < 4.78 is 2.35. The molecular formula is C18H20N2S. The topological polar surface area (TPSA) is 17.0 Å². The van der Waals surface area contributed by atoms with Crippen LogP contribution in [0.25, 0.3) is 10.9 Å². The Morgan fingerprint density at radius 2 is 1.90 bits per heavy atom. The van der Waals surface area contributed by atoms with Gasteiger partial charge in [0.2, 0.25) is 0 Å². The average Bonchev–Trinajstić information content (AvgIpc) is 2.91. The summed E-state index contributed by atoms with van der Waals surface area (Å²) in [7, 11) is 1.99. The molecule has 0 aliphatic heterocycles. The minimum Gasteiger partial charge on any atom is -0.347 e. The highest BCUT2D eigenvalue weighted by molar-refractivity contribution is 7.99. The standard InChI is InChI=1S/C18H20N2S/c1-19-14-15-7-8-16-9-10-20(18(16)13-15)11-12-21-17-5-3-2-4-6-17/h2-10,13,19H,11-12,14H2,1H3. The molecule has 3 rings (SSSR count). The molecule has 0 aliphatic carbocycles. The zero-order valence-corrected chi connectivity index (χ0v) is 13.1. The summed E-state index contributed by atoms with van der Waals surface area (Å²) in [5, 5.41) is 4.53. The SMILES string of the molecule is CNCc1ccc2ccn(CCSc3ccccc3)c2c1. The number of fused-ring (bicyclic) bond motifs is 1. The van der Waals surface area contributed by atoms with Gasteiger partial charge < -0.3 is 9.88 Å². The monoisotopic (exact) mass is 296 g/mol. The molecule has 0 saturated heterocycles. The van der Waals surface area contributed by atoms with Crippen LogP contribution in [0.5, 0.6) is 0 Å². The number of aryl methyl sites for hydroxylation is 1. The number of hydrogen-bond donors (Lipinski definition) is 1. The number of benzene rings is 2. The zero-order chi connectivity index (χ0) is 14.5. The lowest BCUT2D eigenvalue weighted by Crippen LogP contribution is -2.05. The first-order valence-corrected chi connectivity index (χ1v) is 8.25. The van der Waals surface area contributed by atoms with E-state index in [1.165, 1.54) is 21.4 Å². The van der Waals surface area contributed by atoms with E-state index in [-0.39, 0.29) is 0 Å². The predicted molar refractivity (Wildman–Crippen MR) is 91.9 cm³/mol. The van der Waals surface area contributed by atoms with Crippen LogP contribution in [0.4, 0.5) is 0 Å². The van der Waals surface area contributed by atoms with Crippen LogP contribution in [0.1, 0.15) is 5.56 Å². The molecular weight excluding hydrogens is 276 g/mol. The van der Waals surface area contributed by atoms with Crippen molar-refractivity contribution >= 4 is 22.7 Å². The maximum absolute atomic E-state index is 3.21. The van der Waals surface area contributed by atoms with E-state index in [0.29, 0.717) is 0 Å². The van der Waals surface area contributed by atoms with Crippen LogP contribution in [0.15, 0.2) is 65.7 Å². The number of rotatable bonds is 6. The van der Waals surface area contributed by atoms with E-state index in [2.05, 4.69) is 70.7 Å². The molecule has 0 amide bonds. The Kier molecular flexibility index (Phi) is 4.63. The Morgan fingerprint density at radius 3 is 2.71 bits per heavy atom. The molecule has 1 N–H and O–H groups in total. The quantitative estimate of drug-likeness (QED) is 0.688. The van der Waals surface area contributed by atoms with Gasteiger partial charge in [-0.25, -0.2) is 0 Å². The first-order valence-electron chi connectivity index (χ1n) is 7.27. The van der Waals surface area contributed by atoms with E-state index in [4.69, 9.17) is 0 Å². The molecule has 0 aliphatic rings. The van der Waals surface area contributed by atoms with Crippen molar-refractivity contribution < 1.29 is 0 Å². The van der Waals surface area contributed by atoms with Crippen LogP contribution < -0.4 is 5.32 Å². The van der Waals surface area contributed by atoms with Gasteiger partial charge in [-0.3, -0.25) is 0 Å². The number of nitrogens with one attached hydrogen (secondary N) is 1. The van der Waals surface area contributed by atoms with E-state index in [0.717, 1.165) is 18.8 Å². The van der Waals surface area contributed by atoms with Gasteiger partial charge in [0, 0.05) is 35.5 Å².